The molecule has 0 radical (unpaired) electrons. The number of carbonyl (C=O) groups excluding carboxylic acids is 1. The Hall–Kier alpha value is -1.62. The highest BCUT2D eigenvalue weighted by molar-refractivity contribution is 5.91. The molecular formula is C14H22FN3O. The van der Waals surface area contributed by atoms with Gasteiger partial charge in [-0.15, -0.1) is 0 Å². The van der Waals surface area contributed by atoms with E-state index in [-0.39, 0.29) is 11.6 Å². The van der Waals surface area contributed by atoms with Gasteiger partial charge in [-0.1, -0.05) is 0 Å². The third-order valence-electron chi connectivity index (χ3n) is 3.08. The summed E-state index contributed by atoms with van der Waals surface area (Å²) in [6, 6.07) is 4.65. The van der Waals surface area contributed by atoms with Crippen LogP contribution in [0.3, 0.4) is 0 Å². The number of hydrogen-bond acceptors (Lipinski definition) is 3. The van der Waals surface area contributed by atoms with Gasteiger partial charge in [-0.3, -0.25) is 4.79 Å². The number of carbonyl (C=O) groups is 1. The maximum atomic E-state index is 13.0. The molecule has 0 heterocycles. The molecule has 0 bridgehead atoms. The number of hydrogen-bond donors (Lipinski definition) is 2. The second-order valence-electron chi connectivity index (χ2n) is 4.96. The average Bonchev–Trinajstić information content (AvgIpc) is 2.33. The van der Waals surface area contributed by atoms with Crippen molar-refractivity contribution in [2.24, 2.45) is 0 Å². The van der Waals surface area contributed by atoms with E-state index in [1.807, 2.05) is 7.05 Å². The number of rotatable bonds is 6. The molecule has 0 unspecified atom stereocenters. The van der Waals surface area contributed by atoms with Crippen molar-refractivity contribution < 1.29 is 9.18 Å². The molecule has 106 valence electrons. The van der Waals surface area contributed by atoms with Crippen molar-refractivity contribution in [3.63, 3.8) is 0 Å². The first-order valence-corrected chi connectivity index (χ1v) is 6.45. The highest BCUT2D eigenvalue weighted by Gasteiger charge is 2.07. The van der Waals surface area contributed by atoms with E-state index in [1.165, 1.54) is 18.2 Å². The first-order valence-electron chi connectivity index (χ1n) is 6.45. The molecule has 1 amide bonds. The van der Waals surface area contributed by atoms with Crippen LogP contribution in [0.4, 0.5) is 15.8 Å². The Kier molecular flexibility index (Phi) is 5.76. The van der Waals surface area contributed by atoms with Crippen molar-refractivity contribution in [2.75, 3.05) is 24.6 Å². The molecule has 0 aliphatic heterocycles. The summed E-state index contributed by atoms with van der Waals surface area (Å²) in [6.45, 7) is 5.10. The third kappa shape index (κ3) is 5.26. The average molecular weight is 267 g/mol. The molecule has 0 saturated carbocycles. The molecule has 0 atom stereocenters. The Morgan fingerprint density at radius 1 is 1.47 bits per heavy atom. The molecule has 4 nitrogen and oxygen atoms in total. The molecule has 1 aromatic carbocycles. The normalized spacial score (nSPS) is 11.1. The van der Waals surface area contributed by atoms with Crippen LogP contribution < -0.4 is 11.1 Å². The minimum Gasteiger partial charge on any atom is -0.396 e. The molecule has 0 aliphatic rings. The van der Waals surface area contributed by atoms with E-state index in [4.69, 9.17) is 5.73 Å². The van der Waals surface area contributed by atoms with Gasteiger partial charge in [-0.2, -0.15) is 0 Å². The van der Waals surface area contributed by atoms with E-state index in [0.29, 0.717) is 18.2 Å². The lowest BCUT2D eigenvalue weighted by Gasteiger charge is -2.20. The molecule has 0 saturated heterocycles. The zero-order chi connectivity index (χ0) is 14.4. The van der Waals surface area contributed by atoms with Crippen molar-refractivity contribution in [3.8, 4) is 0 Å². The SMILES string of the molecule is CC(C)N(C)CCCC(=O)Nc1ccc(F)c(N)c1. The summed E-state index contributed by atoms with van der Waals surface area (Å²) in [5.74, 6) is -0.556. The fourth-order valence-electron chi connectivity index (χ4n) is 1.59. The van der Waals surface area contributed by atoms with Gasteiger partial charge in [0.05, 0.1) is 5.69 Å². The zero-order valence-electron chi connectivity index (χ0n) is 11.7. The Labute approximate surface area is 113 Å². The number of amides is 1. The lowest BCUT2D eigenvalue weighted by atomic mass is 10.2. The second-order valence-corrected chi connectivity index (χ2v) is 4.96. The number of nitrogens with one attached hydrogen (secondary N) is 1. The lowest BCUT2D eigenvalue weighted by molar-refractivity contribution is -0.116. The van der Waals surface area contributed by atoms with E-state index in [0.717, 1.165) is 13.0 Å². The molecular weight excluding hydrogens is 245 g/mol. The molecule has 5 heteroatoms. The number of nitrogens with zero attached hydrogens (tertiary/aromatic N) is 1. The number of nitrogens with two attached hydrogens (primary N) is 1. The van der Waals surface area contributed by atoms with Crippen LogP contribution >= 0.6 is 0 Å². The minimum absolute atomic E-state index is 0.0392. The van der Waals surface area contributed by atoms with Crippen molar-refractivity contribution in [1.29, 1.82) is 0 Å². The summed E-state index contributed by atoms with van der Waals surface area (Å²) in [6.07, 6.45) is 1.23. The summed E-state index contributed by atoms with van der Waals surface area (Å²) >= 11 is 0. The van der Waals surface area contributed by atoms with Gasteiger partial charge in [0.15, 0.2) is 0 Å². The summed E-state index contributed by atoms with van der Waals surface area (Å²) in [5.41, 5.74) is 6.00. The third-order valence-corrected chi connectivity index (χ3v) is 3.08. The molecule has 0 aliphatic carbocycles. The standard InChI is InChI=1S/C14H22FN3O/c1-10(2)18(3)8-4-5-14(19)17-11-6-7-12(15)13(16)9-11/h6-7,9-10H,4-5,8,16H2,1-3H3,(H,17,19). The minimum atomic E-state index is -0.475. The van der Waals surface area contributed by atoms with Crippen LogP contribution in [0.5, 0.6) is 0 Å². The summed E-state index contributed by atoms with van der Waals surface area (Å²) in [7, 11) is 2.03. The number of nitrogen functional groups attached to an aromatic ring is 1. The predicted octanol–water partition coefficient (Wildman–Crippen LogP) is 2.47. The largest absolute Gasteiger partial charge is 0.396 e. The van der Waals surface area contributed by atoms with Gasteiger partial charge < -0.3 is 16.0 Å². The monoisotopic (exact) mass is 267 g/mol. The second kappa shape index (κ2) is 7.09. The van der Waals surface area contributed by atoms with Crippen molar-refractivity contribution in [2.45, 2.75) is 32.7 Å². The van der Waals surface area contributed by atoms with Crippen LogP contribution in [0.2, 0.25) is 0 Å². The van der Waals surface area contributed by atoms with Gasteiger partial charge >= 0.3 is 0 Å². The van der Waals surface area contributed by atoms with Crippen LogP contribution in [-0.4, -0.2) is 30.4 Å². The molecule has 1 rings (SSSR count). The Balaban J connectivity index is 2.37. The first kappa shape index (κ1) is 15.4. The topological polar surface area (TPSA) is 58.4 Å². The number of anilines is 2. The van der Waals surface area contributed by atoms with E-state index >= 15 is 0 Å². The van der Waals surface area contributed by atoms with Gasteiger partial charge in [0.25, 0.3) is 0 Å². The van der Waals surface area contributed by atoms with Crippen molar-refractivity contribution in [3.05, 3.63) is 24.0 Å². The number of halogens is 1. The molecule has 0 aromatic heterocycles. The van der Waals surface area contributed by atoms with Crippen LogP contribution in [0.15, 0.2) is 18.2 Å². The fraction of sp³-hybridized carbons (Fsp3) is 0.500. The van der Waals surface area contributed by atoms with Gasteiger partial charge in [0.1, 0.15) is 5.82 Å². The summed E-state index contributed by atoms with van der Waals surface area (Å²) in [5, 5.41) is 2.71. The van der Waals surface area contributed by atoms with Gasteiger partial charge in [-0.25, -0.2) is 4.39 Å². The van der Waals surface area contributed by atoms with Crippen LogP contribution in [0.25, 0.3) is 0 Å². The van der Waals surface area contributed by atoms with Crippen molar-refractivity contribution in [1.82, 2.24) is 4.90 Å². The lowest BCUT2D eigenvalue weighted by Crippen LogP contribution is -2.28. The summed E-state index contributed by atoms with van der Waals surface area (Å²) in [4.78, 5) is 13.9. The number of benzene rings is 1. The van der Waals surface area contributed by atoms with Crippen LogP contribution in [0, 0.1) is 5.82 Å². The maximum Gasteiger partial charge on any atom is 0.224 e. The Bertz CT molecular complexity index is 435. The fourth-order valence-corrected chi connectivity index (χ4v) is 1.59. The molecule has 0 spiro atoms. The molecule has 0 fully saturated rings. The predicted molar refractivity (Wildman–Crippen MR) is 76.4 cm³/mol. The highest BCUT2D eigenvalue weighted by atomic mass is 19.1. The van der Waals surface area contributed by atoms with E-state index in [1.54, 1.807) is 0 Å². The van der Waals surface area contributed by atoms with Crippen molar-refractivity contribution >= 4 is 17.3 Å². The van der Waals surface area contributed by atoms with Crippen LogP contribution in [0.1, 0.15) is 26.7 Å². The van der Waals surface area contributed by atoms with E-state index < -0.39 is 5.82 Å². The first-order chi connectivity index (χ1) is 8.90. The Morgan fingerprint density at radius 3 is 2.74 bits per heavy atom. The van der Waals surface area contributed by atoms with E-state index in [9.17, 15) is 9.18 Å². The Morgan fingerprint density at radius 2 is 2.16 bits per heavy atom. The smallest absolute Gasteiger partial charge is 0.224 e. The van der Waals surface area contributed by atoms with Gasteiger partial charge in [-0.05, 0) is 52.1 Å². The van der Waals surface area contributed by atoms with Gasteiger partial charge in [0.2, 0.25) is 5.91 Å². The quantitative estimate of drug-likeness (QED) is 0.778. The molecule has 19 heavy (non-hydrogen) atoms. The van der Waals surface area contributed by atoms with Gasteiger partial charge in [0, 0.05) is 18.2 Å². The summed E-state index contributed by atoms with van der Waals surface area (Å²) < 4.78 is 13.0. The highest BCUT2D eigenvalue weighted by Crippen LogP contribution is 2.16. The van der Waals surface area contributed by atoms with Crippen LogP contribution in [-0.2, 0) is 4.79 Å². The molecule has 3 N–H and O–H groups in total. The molecule has 1 aromatic rings. The maximum absolute atomic E-state index is 13.0. The zero-order valence-corrected chi connectivity index (χ0v) is 11.7. The van der Waals surface area contributed by atoms with E-state index in [2.05, 4.69) is 24.1 Å².